The van der Waals surface area contributed by atoms with Crippen LogP contribution in [0.15, 0.2) is 6.33 Å². The molecule has 18 heavy (non-hydrogen) atoms. The minimum atomic E-state index is -0.190. The predicted octanol–water partition coefficient (Wildman–Crippen LogP) is 1.15. The highest BCUT2D eigenvalue weighted by molar-refractivity contribution is 5.56. The molecule has 5 N–H and O–H groups in total. The Bertz CT molecular complexity index is 381. The van der Waals surface area contributed by atoms with Gasteiger partial charge in [0.2, 0.25) is 0 Å². The number of aliphatic hydroxyl groups is 1. The molecule has 102 valence electrons. The Morgan fingerprint density at radius 3 is 2.56 bits per heavy atom. The first-order valence-corrected chi connectivity index (χ1v) is 6.19. The van der Waals surface area contributed by atoms with Crippen LogP contribution in [0.3, 0.4) is 0 Å². The van der Waals surface area contributed by atoms with Gasteiger partial charge in [-0.15, -0.1) is 0 Å². The van der Waals surface area contributed by atoms with Gasteiger partial charge in [-0.2, -0.15) is 0 Å². The van der Waals surface area contributed by atoms with Gasteiger partial charge in [-0.25, -0.2) is 15.8 Å². The van der Waals surface area contributed by atoms with E-state index in [1.165, 1.54) is 6.33 Å². The maximum absolute atomic E-state index is 9.24. The van der Waals surface area contributed by atoms with E-state index in [9.17, 15) is 5.11 Å². The molecule has 1 aromatic heterocycles. The third-order valence-corrected chi connectivity index (χ3v) is 2.74. The summed E-state index contributed by atoms with van der Waals surface area (Å²) in [5.74, 6) is 6.88. The summed E-state index contributed by atoms with van der Waals surface area (Å²) in [6.45, 7) is 6.83. The average molecular weight is 253 g/mol. The van der Waals surface area contributed by atoms with Crippen LogP contribution >= 0.6 is 0 Å². The summed E-state index contributed by atoms with van der Waals surface area (Å²) in [7, 11) is 0. The Kier molecular flexibility index (Phi) is 5.30. The smallest absolute Gasteiger partial charge is 0.148 e. The van der Waals surface area contributed by atoms with Crippen LogP contribution in [0.2, 0.25) is 0 Å². The molecule has 0 saturated heterocycles. The molecule has 0 saturated carbocycles. The fraction of sp³-hybridized carbons (Fsp3) is 0.667. The molecule has 0 spiro atoms. The van der Waals surface area contributed by atoms with E-state index in [4.69, 9.17) is 5.84 Å². The molecule has 0 atom stereocenters. The van der Waals surface area contributed by atoms with Crippen molar-refractivity contribution in [3.05, 3.63) is 11.9 Å². The molecular weight excluding hydrogens is 230 g/mol. The van der Waals surface area contributed by atoms with Crippen LogP contribution in [0.1, 0.15) is 32.8 Å². The lowest BCUT2D eigenvalue weighted by Crippen LogP contribution is -2.27. The molecule has 0 aliphatic rings. The molecule has 0 unspecified atom stereocenters. The van der Waals surface area contributed by atoms with Gasteiger partial charge in [-0.3, -0.25) is 0 Å². The standard InChI is InChI=1S/C12H23N5O/c1-4-5-9-10(14-6-12(2,3)7-18)15-8-16-11(9)17-13/h8,18H,4-7,13H2,1-3H3,(H2,14,15,16,17). The largest absolute Gasteiger partial charge is 0.396 e. The van der Waals surface area contributed by atoms with Crippen molar-refractivity contribution in [2.45, 2.75) is 33.6 Å². The molecule has 0 aliphatic carbocycles. The van der Waals surface area contributed by atoms with E-state index in [1.54, 1.807) is 0 Å². The minimum absolute atomic E-state index is 0.121. The van der Waals surface area contributed by atoms with Crippen molar-refractivity contribution in [3.8, 4) is 0 Å². The van der Waals surface area contributed by atoms with Gasteiger partial charge in [-0.1, -0.05) is 27.2 Å². The number of hydrazine groups is 1. The summed E-state index contributed by atoms with van der Waals surface area (Å²) in [5.41, 5.74) is 3.38. The SMILES string of the molecule is CCCc1c(NN)ncnc1NCC(C)(C)CO. The number of rotatable bonds is 7. The summed E-state index contributed by atoms with van der Waals surface area (Å²) < 4.78 is 0. The van der Waals surface area contributed by atoms with Gasteiger partial charge in [0.25, 0.3) is 0 Å². The second-order valence-electron chi connectivity index (χ2n) is 5.12. The summed E-state index contributed by atoms with van der Waals surface area (Å²) in [6, 6.07) is 0. The second kappa shape index (κ2) is 6.51. The van der Waals surface area contributed by atoms with Crippen molar-refractivity contribution in [2.24, 2.45) is 11.3 Å². The third kappa shape index (κ3) is 3.82. The van der Waals surface area contributed by atoms with Gasteiger partial charge in [0, 0.05) is 24.1 Å². The number of aliphatic hydroxyl groups excluding tert-OH is 1. The third-order valence-electron chi connectivity index (χ3n) is 2.74. The Hall–Kier alpha value is -1.40. The van der Waals surface area contributed by atoms with Gasteiger partial charge >= 0.3 is 0 Å². The monoisotopic (exact) mass is 253 g/mol. The van der Waals surface area contributed by atoms with Crippen molar-refractivity contribution in [1.82, 2.24) is 9.97 Å². The predicted molar refractivity (Wildman–Crippen MR) is 73.2 cm³/mol. The lowest BCUT2D eigenvalue weighted by Gasteiger charge is -2.23. The van der Waals surface area contributed by atoms with Crippen LogP contribution in [0, 0.1) is 5.41 Å². The topological polar surface area (TPSA) is 96.1 Å². The highest BCUT2D eigenvalue weighted by atomic mass is 16.3. The summed E-state index contributed by atoms with van der Waals surface area (Å²) in [5, 5.41) is 12.5. The molecule has 6 nitrogen and oxygen atoms in total. The molecule has 1 heterocycles. The fourth-order valence-corrected chi connectivity index (χ4v) is 1.55. The first kappa shape index (κ1) is 14.7. The number of nitrogens with one attached hydrogen (secondary N) is 2. The summed E-state index contributed by atoms with van der Waals surface area (Å²) in [6.07, 6.45) is 3.31. The molecule has 0 aromatic carbocycles. The molecule has 0 amide bonds. The van der Waals surface area contributed by atoms with Crippen molar-refractivity contribution in [1.29, 1.82) is 0 Å². The van der Waals surface area contributed by atoms with E-state index in [2.05, 4.69) is 27.6 Å². The number of hydrogen-bond donors (Lipinski definition) is 4. The van der Waals surface area contributed by atoms with E-state index in [0.717, 1.165) is 24.2 Å². The van der Waals surface area contributed by atoms with Crippen LogP contribution in [-0.2, 0) is 6.42 Å². The highest BCUT2D eigenvalue weighted by Gasteiger charge is 2.18. The lowest BCUT2D eigenvalue weighted by atomic mass is 9.95. The van der Waals surface area contributed by atoms with Crippen LogP contribution in [0.4, 0.5) is 11.6 Å². The number of nitrogen functional groups attached to an aromatic ring is 1. The zero-order valence-electron chi connectivity index (χ0n) is 11.3. The van der Waals surface area contributed by atoms with Gasteiger partial charge in [-0.05, 0) is 6.42 Å². The average Bonchev–Trinajstić information content (AvgIpc) is 2.38. The van der Waals surface area contributed by atoms with Crippen molar-refractivity contribution < 1.29 is 5.11 Å². The Morgan fingerprint density at radius 1 is 1.33 bits per heavy atom. The number of anilines is 2. The zero-order valence-corrected chi connectivity index (χ0v) is 11.3. The number of hydrogen-bond acceptors (Lipinski definition) is 6. The van der Waals surface area contributed by atoms with Crippen LogP contribution < -0.4 is 16.6 Å². The highest BCUT2D eigenvalue weighted by Crippen LogP contribution is 2.22. The van der Waals surface area contributed by atoms with Crippen molar-refractivity contribution in [2.75, 3.05) is 23.9 Å². The van der Waals surface area contributed by atoms with E-state index in [-0.39, 0.29) is 12.0 Å². The first-order valence-electron chi connectivity index (χ1n) is 6.19. The molecule has 6 heteroatoms. The zero-order chi connectivity index (χ0) is 13.6. The van der Waals surface area contributed by atoms with Gasteiger partial charge in [0.1, 0.15) is 18.0 Å². The maximum Gasteiger partial charge on any atom is 0.148 e. The maximum atomic E-state index is 9.24. The van der Waals surface area contributed by atoms with E-state index in [1.807, 2.05) is 13.8 Å². The molecule has 0 fully saturated rings. The van der Waals surface area contributed by atoms with Gasteiger partial charge in [0.05, 0.1) is 0 Å². The summed E-state index contributed by atoms with van der Waals surface area (Å²) >= 11 is 0. The number of nitrogens with zero attached hydrogens (tertiary/aromatic N) is 2. The van der Waals surface area contributed by atoms with Crippen molar-refractivity contribution in [3.63, 3.8) is 0 Å². The van der Waals surface area contributed by atoms with Crippen molar-refractivity contribution >= 4 is 11.6 Å². The Balaban J connectivity index is 2.87. The molecule has 0 radical (unpaired) electrons. The van der Waals surface area contributed by atoms with E-state index < -0.39 is 0 Å². The number of aromatic nitrogens is 2. The van der Waals surface area contributed by atoms with Gasteiger partial charge in [0.15, 0.2) is 0 Å². The molecule has 1 aromatic rings. The molecule has 0 bridgehead atoms. The number of nitrogens with two attached hydrogens (primary N) is 1. The van der Waals surface area contributed by atoms with Crippen LogP contribution in [0.25, 0.3) is 0 Å². The Morgan fingerprint density at radius 2 is 2.00 bits per heavy atom. The normalized spacial score (nSPS) is 11.4. The second-order valence-corrected chi connectivity index (χ2v) is 5.12. The fourth-order valence-electron chi connectivity index (χ4n) is 1.55. The molecular formula is C12H23N5O. The molecule has 1 rings (SSSR count). The van der Waals surface area contributed by atoms with E-state index >= 15 is 0 Å². The quantitative estimate of drug-likeness (QED) is 0.430. The van der Waals surface area contributed by atoms with Crippen LogP contribution in [-0.4, -0.2) is 28.2 Å². The van der Waals surface area contributed by atoms with Gasteiger partial charge < -0.3 is 15.8 Å². The minimum Gasteiger partial charge on any atom is -0.396 e. The van der Waals surface area contributed by atoms with E-state index in [0.29, 0.717) is 12.4 Å². The lowest BCUT2D eigenvalue weighted by molar-refractivity contribution is 0.170. The summed E-state index contributed by atoms with van der Waals surface area (Å²) in [4.78, 5) is 8.35. The Labute approximate surface area is 108 Å². The van der Waals surface area contributed by atoms with Crippen LogP contribution in [0.5, 0.6) is 0 Å². The molecule has 0 aliphatic heterocycles. The first-order chi connectivity index (χ1) is 8.54.